The fourth-order valence-electron chi connectivity index (χ4n) is 5.23. The Morgan fingerprint density at radius 1 is 1.12 bits per heavy atom. The Kier molecular flexibility index (Phi) is 9.96. The van der Waals surface area contributed by atoms with Crippen molar-refractivity contribution in [2.24, 2.45) is 5.92 Å². The molecule has 188 valence electrons. The summed E-state index contributed by atoms with van der Waals surface area (Å²) >= 11 is 0. The van der Waals surface area contributed by atoms with Gasteiger partial charge in [0.05, 0.1) is 5.60 Å². The van der Waals surface area contributed by atoms with Crippen LogP contribution >= 0.6 is 0 Å². The molecule has 3 rings (SSSR count). The molecule has 5 nitrogen and oxygen atoms in total. The van der Waals surface area contributed by atoms with Crippen LogP contribution in [0.3, 0.4) is 0 Å². The Balaban J connectivity index is 1.95. The van der Waals surface area contributed by atoms with Gasteiger partial charge in [0.15, 0.2) is 0 Å². The number of hydrogen-bond donors (Lipinski definition) is 2. The fraction of sp³-hybridized carbons (Fsp3) is 0.586. The molecule has 2 aromatic rings. The quantitative estimate of drug-likeness (QED) is 0.407. The molecular formula is C29H44N2O3. The van der Waals surface area contributed by atoms with Gasteiger partial charge in [-0.15, -0.1) is 0 Å². The number of nitrogens with one attached hydrogen (secondary N) is 1. The Morgan fingerprint density at radius 2 is 1.85 bits per heavy atom. The van der Waals surface area contributed by atoms with Gasteiger partial charge in [0, 0.05) is 44.3 Å². The number of aryl methyl sites for hydroxylation is 2. The first-order chi connectivity index (χ1) is 16.4. The number of ether oxygens (including phenoxy) is 2. The summed E-state index contributed by atoms with van der Waals surface area (Å²) in [6.07, 6.45) is 4.65. The van der Waals surface area contributed by atoms with Gasteiger partial charge in [-0.1, -0.05) is 29.3 Å². The van der Waals surface area contributed by atoms with Crippen LogP contribution in [0.15, 0.2) is 42.5 Å². The average molecular weight is 469 g/mol. The number of benzene rings is 2. The van der Waals surface area contributed by atoms with E-state index < -0.39 is 5.60 Å². The molecule has 5 heteroatoms. The topological polar surface area (TPSA) is 54.0 Å². The van der Waals surface area contributed by atoms with Crippen LogP contribution < -0.4 is 10.1 Å². The van der Waals surface area contributed by atoms with Crippen molar-refractivity contribution in [3.63, 3.8) is 0 Å². The molecule has 1 fully saturated rings. The number of aliphatic hydroxyl groups is 1. The number of rotatable bonds is 12. The third kappa shape index (κ3) is 6.82. The molecule has 1 heterocycles. The maximum Gasteiger partial charge on any atom is 0.133 e. The number of hydrogen-bond acceptors (Lipinski definition) is 5. The first-order valence-corrected chi connectivity index (χ1v) is 12.8. The van der Waals surface area contributed by atoms with E-state index in [1.165, 1.54) is 5.56 Å². The van der Waals surface area contributed by atoms with Gasteiger partial charge in [-0.25, -0.2) is 0 Å². The smallest absolute Gasteiger partial charge is 0.133 e. The summed E-state index contributed by atoms with van der Waals surface area (Å²) in [5.41, 5.74) is 2.29. The highest BCUT2D eigenvalue weighted by Crippen LogP contribution is 2.45. The number of piperidine rings is 1. The van der Waals surface area contributed by atoms with E-state index in [-0.39, 0.29) is 5.92 Å². The fourth-order valence-corrected chi connectivity index (χ4v) is 5.23. The van der Waals surface area contributed by atoms with Crippen LogP contribution in [0, 0.1) is 19.8 Å². The van der Waals surface area contributed by atoms with Gasteiger partial charge >= 0.3 is 0 Å². The molecule has 0 aliphatic carbocycles. The summed E-state index contributed by atoms with van der Waals surface area (Å²) in [5.74, 6) is 1.69. The highest BCUT2D eigenvalue weighted by atomic mass is 16.5. The highest BCUT2D eigenvalue weighted by Gasteiger charge is 2.42. The zero-order valence-electron chi connectivity index (χ0n) is 21.8. The van der Waals surface area contributed by atoms with E-state index in [2.05, 4.69) is 55.3 Å². The summed E-state index contributed by atoms with van der Waals surface area (Å²) in [7, 11) is 3.74. The number of likely N-dealkylation sites (tertiary alicyclic amines) is 1. The van der Waals surface area contributed by atoms with Gasteiger partial charge in [-0.3, -0.25) is 4.90 Å². The van der Waals surface area contributed by atoms with Crippen LogP contribution in [-0.2, 0) is 10.3 Å². The Labute approximate surface area is 206 Å². The summed E-state index contributed by atoms with van der Waals surface area (Å²) in [4.78, 5) is 2.53. The Hall–Kier alpha value is -1.92. The lowest BCUT2D eigenvalue weighted by atomic mass is 9.73. The van der Waals surface area contributed by atoms with E-state index in [4.69, 9.17) is 9.47 Å². The predicted octanol–water partition coefficient (Wildman–Crippen LogP) is 5.42. The van der Waals surface area contributed by atoms with E-state index in [0.29, 0.717) is 19.1 Å². The summed E-state index contributed by atoms with van der Waals surface area (Å²) in [5, 5.41) is 15.8. The van der Waals surface area contributed by atoms with Crippen molar-refractivity contribution in [2.75, 3.05) is 40.4 Å². The third-order valence-corrected chi connectivity index (χ3v) is 7.26. The standard InChI is InChI=1S/C29H44N2O3/c1-22-10-13-26(14-11-22)34-28-15-12-23(2)19-27(28)29(32,16-6-7-18-33-5)25-9-8-17-31(21-25)24(3)20-30-4/h10-15,19,24-25,30,32H,6-9,16-18,20-21H2,1-5H3. The largest absolute Gasteiger partial charge is 0.457 e. The van der Waals surface area contributed by atoms with Gasteiger partial charge < -0.3 is 19.9 Å². The van der Waals surface area contributed by atoms with Crippen molar-refractivity contribution in [1.29, 1.82) is 0 Å². The minimum absolute atomic E-state index is 0.144. The molecule has 2 aromatic carbocycles. The van der Waals surface area contributed by atoms with Gasteiger partial charge in [-0.2, -0.15) is 0 Å². The summed E-state index contributed by atoms with van der Waals surface area (Å²) < 4.78 is 11.7. The van der Waals surface area contributed by atoms with E-state index in [1.807, 2.05) is 25.2 Å². The maximum atomic E-state index is 12.5. The SMILES string of the molecule is CNCC(C)N1CCCC(C(O)(CCCCOC)c2cc(C)ccc2Oc2ccc(C)cc2)C1. The molecule has 0 bridgehead atoms. The van der Waals surface area contributed by atoms with Crippen LogP contribution in [0.4, 0.5) is 0 Å². The van der Waals surface area contributed by atoms with E-state index in [1.54, 1.807) is 7.11 Å². The minimum Gasteiger partial charge on any atom is -0.457 e. The zero-order chi connectivity index (χ0) is 24.6. The molecule has 0 spiro atoms. The van der Waals surface area contributed by atoms with Gasteiger partial charge in [0.2, 0.25) is 0 Å². The summed E-state index contributed by atoms with van der Waals surface area (Å²) in [6, 6.07) is 14.8. The molecule has 2 N–H and O–H groups in total. The zero-order valence-corrected chi connectivity index (χ0v) is 21.8. The van der Waals surface area contributed by atoms with Gasteiger partial charge in [0.1, 0.15) is 11.5 Å². The van der Waals surface area contributed by atoms with E-state index in [0.717, 1.165) is 67.9 Å². The second-order valence-electron chi connectivity index (χ2n) is 10.0. The molecule has 1 aliphatic rings. The maximum absolute atomic E-state index is 12.5. The van der Waals surface area contributed by atoms with Gasteiger partial charge in [0.25, 0.3) is 0 Å². The lowest BCUT2D eigenvalue weighted by molar-refractivity contribution is -0.0676. The molecule has 0 radical (unpaired) electrons. The molecule has 1 aliphatic heterocycles. The third-order valence-electron chi connectivity index (χ3n) is 7.26. The number of likely N-dealkylation sites (N-methyl/N-ethyl adjacent to an activating group) is 1. The van der Waals surface area contributed by atoms with Crippen molar-refractivity contribution in [3.8, 4) is 11.5 Å². The molecule has 34 heavy (non-hydrogen) atoms. The summed E-state index contributed by atoms with van der Waals surface area (Å²) in [6.45, 7) is 10.1. The van der Waals surface area contributed by atoms with Crippen LogP contribution in [0.5, 0.6) is 11.5 Å². The van der Waals surface area contributed by atoms with Gasteiger partial charge in [-0.05, 0) is 90.7 Å². The Morgan fingerprint density at radius 3 is 2.56 bits per heavy atom. The van der Waals surface area contributed by atoms with Crippen LogP contribution in [0.2, 0.25) is 0 Å². The van der Waals surface area contributed by atoms with Crippen LogP contribution in [0.25, 0.3) is 0 Å². The number of unbranched alkanes of at least 4 members (excludes halogenated alkanes) is 1. The molecule has 0 amide bonds. The second-order valence-corrected chi connectivity index (χ2v) is 10.0. The van der Waals surface area contributed by atoms with Crippen molar-refractivity contribution < 1.29 is 14.6 Å². The molecule has 1 saturated heterocycles. The first-order valence-electron chi connectivity index (χ1n) is 12.8. The Bertz CT molecular complexity index is 885. The predicted molar refractivity (Wildman–Crippen MR) is 140 cm³/mol. The number of methoxy groups -OCH3 is 1. The molecule has 0 saturated carbocycles. The monoisotopic (exact) mass is 468 g/mol. The molecular weight excluding hydrogens is 424 g/mol. The normalized spacial score (nSPS) is 19.5. The molecule has 0 aromatic heterocycles. The average Bonchev–Trinajstić information content (AvgIpc) is 2.84. The lowest BCUT2D eigenvalue weighted by Gasteiger charge is -2.45. The van der Waals surface area contributed by atoms with E-state index in [9.17, 15) is 5.11 Å². The van der Waals surface area contributed by atoms with Crippen molar-refractivity contribution >= 4 is 0 Å². The van der Waals surface area contributed by atoms with E-state index >= 15 is 0 Å². The van der Waals surface area contributed by atoms with Crippen LogP contribution in [0.1, 0.15) is 55.7 Å². The first kappa shape index (κ1) is 26.7. The van der Waals surface area contributed by atoms with Crippen molar-refractivity contribution in [3.05, 3.63) is 59.2 Å². The minimum atomic E-state index is -0.960. The highest BCUT2D eigenvalue weighted by molar-refractivity contribution is 5.44. The molecule has 3 atom stereocenters. The van der Waals surface area contributed by atoms with Crippen molar-refractivity contribution in [2.45, 2.75) is 64.5 Å². The van der Waals surface area contributed by atoms with Crippen molar-refractivity contribution in [1.82, 2.24) is 10.2 Å². The number of nitrogens with zero attached hydrogens (tertiary/aromatic N) is 1. The second kappa shape index (κ2) is 12.7. The van der Waals surface area contributed by atoms with Crippen LogP contribution in [-0.4, -0.2) is 56.4 Å². The lowest BCUT2D eigenvalue weighted by Crippen LogP contribution is -2.50. The molecule has 3 unspecified atom stereocenters.